The van der Waals surface area contributed by atoms with Gasteiger partial charge in [0.05, 0.1) is 31.4 Å². The molecule has 3 amide bonds. The van der Waals surface area contributed by atoms with Crippen LogP contribution in [0.25, 0.3) is 0 Å². The van der Waals surface area contributed by atoms with Gasteiger partial charge in [0, 0.05) is 36.8 Å². The first-order chi connectivity index (χ1) is 17.7. The highest BCUT2D eigenvalue weighted by Gasteiger charge is 2.51. The highest BCUT2D eigenvalue weighted by molar-refractivity contribution is 5.98. The molecule has 1 aliphatic heterocycles. The lowest BCUT2D eigenvalue weighted by atomic mass is 9.97. The van der Waals surface area contributed by atoms with Gasteiger partial charge in [-0.2, -0.15) is 18.3 Å². The third kappa shape index (κ3) is 6.23. The maximum absolute atomic E-state index is 14.9. The van der Waals surface area contributed by atoms with Crippen LogP contribution in [0.15, 0.2) is 24.4 Å². The molecule has 1 aromatic heterocycles. The largest absolute Gasteiger partial charge is 0.496 e. The second kappa shape index (κ2) is 11.4. The minimum atomic E-state index is -4.74. The maximum Gasteiger partial charge on any atom is 0.408 e. The van der Waals surface area contributed by atoms with Crippen molar-refractivity contribution in [1.29, 1.82) is 0 Å². The van der Waals surface area contributed by atoms with Gasteiger partial charge in [0.25, 0.3) is 5.91 Å². The third-order valence-corrected chi connectivity index (χ3v) is 6.17. The van der Waals surface area contributed by atoms with E-state index < -0.39 is 67.3 Å². The SMILES string of the molecule is COc1cc(NC(=O)CNC(=O)c2ccnn2C(C)C)c(F)cc1C(C)C(=O)N1CC(O)CC1C(F)(F)F. The van der Waals surface area contributed by atoms with E-state index in [-0.39, 0.29) is 28.7 Å². The number of aromatic nitrogens is 2. The van der Waals surface area contributed by atoms with E-state index in [1.165, 1.54) is 31.0 Å². The number of aliphatic hydroxyl groups excluding tert-OH is 1. The van der Waals surface area contributed by atoms with E-state index in [2.05, 4.69) is 15.7 Å². The number of hydrogen-bond donors (Lipinski definition) is 3. The standard InChI is InChI=1S/C24H29F4N5O5/c1-12(2)33-18(5-6-30-33)22(36)29-10-21(35)31-17-9-19(38-4)15(8-16(17)25)13(3)23(37)32-11-14(34)7-20(32)24(26,27)28/h5-6,8-9,12-14,20,34H,7,10-11H2,1-4H3,(H,29,36)(H,31,35). The molecule has 1 fully saturated rings. The van der Waals surface area contributed by atoms with Crippen molar-refractivity contribution in [3.8, 4) is 5.75 Å². The number of alkyl halides is 3. The first-order valence-corrected chi connectivity index (χ1v) is 11.8. The lowest BCUT2D eigenvalue weighted by molar-refractivity contribution is -0.183. The molecule has 2 aromatic rings. The van der Waals surface area contributed by atoms with Crippen molar-refractivity contribution in [2.45, 2.75) is 57.5 Å². The van der Waals surface area contributed by atoms with Crippen LogP contribution in [0.1, 0.15) is 55.2 Å². The predicted molar refractivity (Wildman–Crippen MR) is 127 cm³/mol. The zero-order valence-electron chi connectivity index (χ0n) is 21.2. The maximum atomic E-state index is 14.9. The van der Waals surface area contributed by atoms with E-state index in [0.717, 1.165) is 12.1 Å². The number of likely N-dealkylation sites (tertiary alicyclic amines) is 1. The Morgan fingerprint density at radius 2 is 1.92 bits per heavy atom. The van der Waals surface area contributed by atoms with Crippen LogP contribution in [0.5, 0.6) is 5.75 Å². The summed E-state index contributed by atoms with van der Waals surface area (Å²) >= 11 is 0. The molecule has 14 heteroatoms. The van der Waals surface area contributed by atoms with Gasteiger partial charge < -0.3 is 25.4 Å². The first-order valence-electron chi connectivity index (χ1n) is 11.8. The summed E-state index contributed by atoms with van der Waals surface area (Å²) in [5.74, 6) is -4.53. The molecule has 38 heavy (non-hydrogen) atoms. The number of halogens is 4. The number of rotatable bonds is 8. The van der Waals surface area contributed by atoms with Crippen LogP contribution in [0.2, 0.25) is 0 Å². The van der Waals surface area contributed by atoms with Gasteiger partial charge in [0.1, 0.15) is 23.3 Å². The molecular weight excluding hydrogens is 514 g/mol. The van der Waals surface area contributed by atoms with Crippen molar-refractivity contribution in [3.05, 3.63) is 41.5 Å². The molecule has 208 valence electrons. The Kier molecular flexibility index (Phi) is 8.65. The van der Waals surface area contributed by atoms with E-state index in [9.17, 15) is 37.1 Å². The van der Waals surface area contributed by atoms with Gasteiger partial charge in [0.2, 0.25) is 11.8 Å². The summed E-state index contributed by atoms with van der Waals surface area (Å²) in [6.45, 7) is 3.96. The van der Waals surface area contributed by atoms with E-state index >= 15 is 0 Å². The molecule has 1 aliphatic rings. The van der Waals surface area contributed by atoms with Crippen molar-refractivity contribution in [2.24, 2.45) is 0 Å². The van der Waals surface area contributed by atoms with Crippen LogP contribution in [-0.2, 0) is 9.59 Å². The van der Waals surface area contributed by atoms with Gasteiger partial charge in [-0.3, -0.25) is 19.1 Å². The summed E-state index contributed by atoms with van der Waals surface area (Å²) in [7, 11) is 1.22. The van der Waals surface area contributed by atoms with E-state index in [1.807, 2.05) is 13.8 Å². The van der Waals surface area contributed by atoms with Crippen molar-refractivity contribution in [1.82, 2.24) is 20.0 Å². The van der Waals surface area contributed by atoms with Crippen LogP contribution in [0.3, 0.4) is 0 Å². The zero-order valence-corrected chi connectivity index (χ0v) is 21.2. The summed E-state index contributed by atoms with van der Waals surface area (Å²) in [6, 6.07) is 1.23. The number of anilines is 1. The number of carbonyl (C=O) groups excluding carboxylic acids is 3. The van der Waals surface area contributed by atoms with Crippen molar-refractivity contribution in [2.75, 3.05) is 25.5 Å². The Bertz CT molecular complexity index is 1200. The number of nitrogens with one attached hydrogen (secondary N) is 2. The molecule has 3 unspecified atom stereocenters. The number of amides is 3. The number of carbonyl (C=O) groups is 3. The molecule has 0 spiro atoms. The van der Waals surface area contributed by atoms with Crippen LogP contribution >= 0.6 is 0 Å². The van der Waals surface area contributed by atoms with Crippen molar-refractivity contribution < 1.29 is 41.8 Å². The van der Waals surface area contributed by atoms with E-state index in [0.29, 0.717) is 4.90 Å². The second-order valence-corrected chi connectivity index (χ2v) is 9.22. The summed E-state index contributed by atoms with van der Waals surface area (Å²) in [5, 5.41) is 18.5. The minimum Gasteiger partial charge on any atom is -0.496 e. The topological polar surface area (TPSA) is 126 Å². The highest BCUT2D eigenvalue weighted by Crippen LogP contribution is 2.37. The smallest absolute Gasteiger partial charge is 0.408 e. The van der Waals surface area contributed by atoms with Gasteiger partial charge in [-0.1, -0.05) is 0 Å². The van der Waals surface area contributed by atoms with Gasteiger partial charge >= 0.3 is 6.18 Å². The fourth-order valence-electron chi connectivity index (χ4n) is 4.28. The third-order valence-electron chi connectivity index (χ3n) is 6.17. The highest BCUT2D eigenvalue weighted by atomic mass is 19.4. The molecule has 3 atom stereocenters. The van der Waals surface area contributed by atoms with Crippen LogP contribution in [-0.4, -0.2) is 76.0 Å². The van der Waals surface area contributed by atoms with Crippen LogP contribution < -0.4 is 15.4 Å². The second-order valence-electron chi connectivity index (χ2n) is 9.22. The number of nitrogens with zero attached hydrogens (tertiary/aromatic N) is 3. The van der Waals surface area contributed by atoms with Gasteiger partial charge in [-0.25, -0.2) is 4.39 Å². The average molecular weight is 544 g/mol. The molecule has 2 heterocycles. The number of β-amino-alcohol motifs (C(OH)–C–C–N with tert-alkyl or cyclic N) is 1. The zero-order chi connectivity index (χ0) is 28.4. The first kappa shape index (κ1) is 28.9. The monoisotopic (exact) mass is 543 g/mol. The molecule has 0 radical (unpaired) electrons. The number of aliphatic hydroxyl groups is 1. The lowest BCUT2D eigenvalue weighted by Gasteiger charge is -2.29. The van der Waals surface area contributed by atoms with Gasteiger partial charge in [-0.05, 0) is 32.9 Å². The molecular formula is C24H29F4N5O5. The Morgan fingerprint density at radius 3 is 2.53 bits per heavy atom. The summed E-state index contributed by atoms with van der Waals surface area (Å²) < 4.78 is 61.7. The fourth-order valence-corrected chi connectivity index (χ4v) is 4.28. The van der Waals surface area contributed by atoms with Crippen molar-refractivity contribution >= 4 is 23.4 Å². The fraction of sp³-hybridized carbons (Fsp3) is 0.500. The molecule has 3 rings (SSSR count). The molecule has 1 saturated heterocycles. The number of methoxy groups -OCH3 is 1. The summed E-state index contributed by atoms with van der Waals surface area (Å²) in [5.41, 5.74) is -0.117. The summed E-state index contributed by atoms with van der Waals surface area (Å²) in [6.07, 6.45) is -5.27. The molecule has 10 nitrogen and oxygen atoms in total. The quantitative estimate of drug-likeness (QED) is 0.440. The molecule has 0 saturated carbocycles. The van der Waals surface area contributed by atoms with Crippen LogP contribution in [0.4, 0.5) is 23.2 Å². The number of ether oxygens (including phenoxy) is 1. The molecule has 1 aromatic carbocycles. The predicted octanol–water partition coefficient (Wildman–Crippen LogP) is 2.61. The van der Waals surface area contributed by atoms with Gasteiger partial charge in [0.15, 0.2) is 0 Å². The Morgan fingerprint density at radius 1 is 1.24 bits per heavy atom. The normalized spacial score (nSPS) is 18.4. The Hall–Kier alpha value is -3.68. The molecule has 0 bridgehead atoms. The average Bonchev–Trinajstić information content (AvgIpc) is 3.49. The van der Waals surface area contributed by atoms with Crippen LogP contribution in [0, 0.1) is 5.82 Å². The lowest BCUT2D eigenvalue weighted by Crippen LogP contribution is -2.46. The van der Waals surface area contributed by atoms with E-state index in [1.54, 1.807) is 0 Å². The Labute approximate surface area is 215 Å². The van der Waals surface area contributed by atoms with Gasteiger partial charge in [-0.15, -0.1) is 0 Å². The summed E-state index contributed by atoms with van der Waals surface area (Å²) in [4.78, 5) is 38.2. The minimum absolute atomic E-state index is 0.0365. The molecule has 3 N–H and O–H groups in total. The van der Waals surface area contributed by atoms with E-state index in [4.69, 9.17) is 4.74 Å². The number of benzene rings is 1. The molecule has 0 aliphatic carbocycles. The number of hydrogen-bond acceptors (Lipinski definition) is 6. The Balaban J connectivity index is 1.72. The van der Waals surface area contributed by atoms with Crippen molar-refractivity contribution in [3.63, 3.8) is 0 Å².